The second-order valence-electron chi connectivity index (χ2n) is 1.06. The Morgan fingerprint density at radius 3 is 2.00 bits per heavy atom. The molecule has 0 aromatic heterocycles. The van der Waals surface area contributed by atoms with Gasteiger partial charge in [-0.15, -0.1) is 0 Å². The summed E-state index contributed by atoms with van der Waals surface area (Å²) in [5, 5.41) is 0. The maximum Gasteiger partial charge on any atom is 0.167 e. The highest BCUT2D eigenvalue weighted by molar-refractivity contribution is 7.81. The fraction of sp³-hybridized carbons (Fsp3) is 1.00. The first-order valence-corrected chi connectivity index (χ1v) is 2.93. The number of nitrogens with one attached hydrogen (secondary N) is 2. The second kappa shape index (κ2) is 1.68. The van der Waals surface area contributed by atoms with Crippen LogP contribution in [-0.4, -0.2) is 17.3 Å². The molecule has 3 nitrogen and oxygen atoms in total. The lowest BCUT2D eigenvalue weighted by Crippen LogP contribution is -2.13. The molecule has 4 heteroatoms. The first kappa shape index (κ1) is 4.23. The van der Waals surface area contributed by atoms with Crippen LogP contribution in [0.4, 0.5) is 0 Å². The van der Waals surface area contributed by atoms with Crippen molar-refractivity contribution in [3.8, 4) is 0 Å². The van der Waals surface area contributed by atoms with Crippen molar-refractivity contribution in [2.45, 2.75) is 0 Å². The van der Waals surface area contributed by atoms with Crippen LogP contribution in [0.1, 0.15) is 0 Å². The molecule has 0 radical (unpaired) electrons. The highest BCUT2D eigenvalue weighted by Crippen LogP contribution is 1.72. The topological polar surface area (TPSA) is 41.1 Å². The van der Waals surface area contributed by atoms with Gasteiger partial charge in [0, 0.05) is 13.1 Å². The SMILES string of the molecule is O=S1NCCN1. The predicted octanol–water partition coefficient (Wildman–Crippen LogP) is -1.24. The maximum absolute atomic E-state index is 10.1. The van der Waals surface area contributed by atoms with Crippen molar-refractivity contribution in [3.63, 3.8) is 0 Å². The molecule has 0 bridgehead atoms. The zero-order valence-corrected chi connectivity index (χ0v) is 4.05. The van der Waals surface area contributed by atoms with E-state index in [1.54, 1.807) is 0 Å². The lowest BCUT2D eigenvalue weighted by Gasteiger charge is -1.79. The van der Waals surface area contributed by atoms with Crippen LogP contribution in [0.15, 0.2) is 0 Å². The summed E-state index contributed by atoms with van der Waals surface area (Å²) in [5.74, 6) is 0. The van der Waals surface area contributed by atoms with Crippen molar-refractivity contribution in [2.24, 2.45) is 0 Å². The molecule has 0 spiro atoms. The summed E-state index contributed by atoms with van der Waals surface area (Å²) in [7, 11) is 0. The lowest BCUT2D eigenvalue weighted by atomic mass is 10.7. The molecule has 0 atom stereocenters. The van der Waals surface area contributed by atoms with Gasteiger partial charge >= 0.3 is 0 Å². The van der Waals surface area contributed by atoms with E-state index in [4.69, 9.17) is 0 Å². The molecule has 6 heavy (non-hydrogen) atoms. The summed E-state index contributed by atoms with van der Waals surface area (Å²) in [6, 6.07) is 0. The highest BCUT2D eigenvalue weighted by atomic mass is 32.2. The van der Waals surface area contributed by atoms with Gasteiger partial charge < -0.3 is 0 Å². The Morgan fingerprint density at radius 2 is 1.83 bits per heavy atom. The third-order valence-electron chi connectivity index (χ3n) is 0.591. The molecule has 2 N–H and O–H groups in total. The quantitative estimate of drug-likeness (QED) is 0.398. The van der Waals surface area contributed by atoms with E-state index in [-0.39, 0.29) is 0 Å². The Balaban J connectivity index is 2.37. The van der Waals surface area contributed by atoms with E-state index in [2.05, 4.69) is 9.44 Å². The monoisotopic (exact) mass is 106 g/mol. The Labute approximate surface area is 38.8 Å². The molecule has 1 rings (SSSR count). The van der Waals surface area contributed by atoms with Gasteiger partial charge in [-0.1, -0.05) is 0 Å². The molecule has 0 aliphatic carbocycles. The minimum atomic E-state index is -0.923. The van der Waals surface area contributed by atoms with Crippen molar-refractivity contribution < 1.29 is 4.21 Å². The van der Waals surface area contributed by atoms with E-state index in [0.29, 0.717) is 0 Å². The number of hydrogen-bond donors (Lipinski definition) is 2. The Bertz CT molecular complexity index is 65.9. The van der Waals surface area contributed by atoms with E-state index >= 15 is 0 Å². The molecular weight excluding hydrogens is 100 g/mol. The normalized spacial score (nSPS) is 25.3. The average molecular weight is 106 g/mol. The summed E-state index contributed by atoms with van der Waals surface area (Å²) in [6.45, 7) is 1.65. The van der Waals surface area contributed by atoms with Gasteiger partial charge in [-0.25, -0.2) is 13.7 Å². The zero-order valence-electron chi connectivity index (χ0n) is 3.23. The highest BCUT2D eigenvalue weighted by Gasteiger charge is 2.02. The van der Waals surface area contributed by atoms with Gasteiger partial charge in [-0.05, 0) is 0 Å². The van der Waals surface area contributed by atoms with Crippen LogP contribution in [0.3, 0.4) is 0 Å². The first-order chi connectivity index (χ1) is 2.89. The van der Waals surface area contributed by atoms with Gasteiger partial charge in [0.2, 0.25) is 0 Å². The molecule has 1 saturated heterocycles. The summed E-state index contributed by atoms with van der Waals surface area (Å²) in [6.07, 6.45) is 0. The van der Waals surface area contributed by atoms with Gasteiger partial charge in [-0.2, -0.15) is 0 Å². The lowest BCUT2D eigenvalue weighted by molar-refractivity contribution is 0.677. The summed E-state index contributed by atoms with van der Waals surface area (Å²) in [5.41, 5.74) is 0. The molecule has 0 aromatic carbocycles. The molecule has 0 amide bonds. The van der Waals surface area contributed by atoms with Crippen LogP contribution in [-0.2, 0) is 11.2 Å². The molecule has 0 saturated carbocycles. The van der Waals surface area contributed by atoms with Gasteiger partial charge in [-0.3, -0.25) is 0 Å². The Kier molecular flexibility index (Phi) is 1.19. The van der Waals surface area contributed by atoms with Crippen molar-refractivity contribution in [1.82, 2.24) is 9.44 Å². The first-order valence-electron chi connectivity index (χ1n) is 1.78. The summed E-state index contributed by atoms with van der Waals surface area (Å²) >= 11 is -0.923. The van der Waals surface area contributed by atoms with E-state index in [0.717, 1.165) is 13.1 Å². The third kappa shape index (κ3) is 0.767. The van der Waals surface area contributed by atoms with Gasteiger partial charge in [0.25, 0.3) is 0 Å². The van der Waals surface area contributed by atoms with Gasteiger partial charge in [0.05, 0.1) is 0 Å². The van der Waals surface area contributed by atoms with Crippen LogP contribution in [0.2, 0.25) is 0 Å². The number of hydrogen-bond acceptors (Lipinski definition) is 1. The van der Waals surface area contributed by atoms with Crippen molar-refractivity contribution in [3.05, 3.63) is 0 Å². The predicted molar refractivity (Wildman–Crippen MR) is 24.1 cm³/mol. The minimum absolute atomic E-state index is 0.826. The van der Waals surface area contributed by atoms with Crippen molar-refractivity contribution in [1.29, 1.82) is 0 Å². The van der Waals surface area contributed by atoms with Crippen LogP contribution >= 0.6 is 0 Å². The maximum atomic E-state index is 10.1. The van der Waals surface area contributed by atoms with E-state index in [9.17, 15) is 4.21 Å². The molecule has 36 valence electrons. The fourth-order valence-corrected chi connectivity index (χ4v) is 1.02. The smallest absolute Gasteiger partial charge is 0.167 e. The van der Waals surface area contributed by atoms with Crippen molar-refractivity contribution >= 4 is 11.2 Å². The van der Waals surface area contributed by atoms with E-state index in [1.165, 1.54) is 0 Å². The average Bonchev–Trinajstić information content (AvgIpc) is 1.86. The fourth-order valence-electron chi connectivity index (χ4n) is 0.338. The minimum Gasteiger partial charge on any atom is -0.225 e. The Hall–Kier alpha value is 0.0700. The zero-order chi connectivity index (χ0) is 4.41. The third-order valence-corrected chi connectivity index (χ3v) is 1.52. The molecule has 1 heterocycles. The summed E-state index contributed by atoms with van der Waals surface area (Å²) < 4.78 is 15.5. The standard InChI is InChI=1S/C2H6N2OS/c5-6-3-1-2-4-6/h3-4H,1-2H2. The Morgan fingerprint density at radius 1 is 1.33 bits per heavy atom. The van der Waals surface area contributed by atoms with E-state index < -0.39 is 11.2 Å². The van der Waals surface area contributed by atoms with Crippen LogP contribution in [0.5, 0.6) is 0 Å². The second-order valence-corrected chi connectivity index (χ2v) is 2.17. The van der Waals surface area contributed by atoms with Crippen LogP contribution in [0, 0.1) is 0 Å². The molecule has 0 unspecified atom stereocenters. The van der Waals surface area contributed by atoms with Crippen LogP contribution in [0.25, 0.3) is 0 Å². The number of rotatable bonds is 0. The molecular formula is C2H6N2OS. The van der Waals surface area contributed by atoms with Gasteiger partial charge in [0.15, 0.2) is 11.2 Å². The molecule has 0 aromatic rings. The largest absolute Gasteiger partial charge is 0.225 e. The van der Waals surface area contributed by atoms with Crippen molar-refractivity contribution in [2.75, 3.05) is 13.1 Å². The molecule has 1 fully saturated rings. The summed E-state index contributed by atoms with van der Waals surface area (Å²) in [4.78, 5) is 0. The van der Waals surface area contributed by atoms with Gasteiger partial charge in [0.1, 0.15) is 0 Å². The van der Waals surface area contributed by atoms with Crippen LogP contribution < -0.4 is 9.44 Å². The molecule has 1 aliphatic heterocycles. The van der Waals surface area contributed by atoms with E-state index in [1.807, 2.05) is 0 Å². The molecule has 1 aliphatic rings.